The number of nitrogens with one attached hydrogen (secondary N) is 1. The van der Waals surface area contributed by atoms with E-state index in [0.717, 1.165) is 6.54 Å². The van der Waals surface area contributed by atoms with Crippen molar-refractivity contribution in [2.45, 2.75) is 6.92 Å². The van der Waals surface area contributed by atoms with Gasteiger partial charge in [0.25, 0.3) is 0 Å². The van der Waals surface area contributed by atoms with Crippen LogP contribution in [0.1, 0.15) is 6.92 Å². The first-order chi connectivity index (χ1) is 3.41. The van der Waals surface area contributed by atoms with E-state index in [2.05, 4.69) is 11.9 Å². The van der Waals surface area contributed by atoms with Crippen LogP contribution in [0, 0.1) is 0 Å². The Labute approximate surface area is 44.7 Å². The molecule has 0 radical (unpaired) electrons. The molecule has 0 bridgehead atoms. The van der Waals surface area contributed by atoms with E-state index >= 15 is 0 Å². The van der Waals surface area contributed by atoms with Crippen molar-refractivity contribution in [3.05, 3.63) is 24.9 Å². The van der Waals surface area contributed by atoms with Crippen molar-refractivity contribution in [3.8, 4) is 0 Å². The Morgan fingerprint density at radius 1 is 1.71 bits per heavy atom. The third kappa shape index (κ3) is 5.28. The van der Waals surface area contributed by atoms with Crippen LogP contribution >= 0.6 is 0 Å². The maximum Gasteiger partial charge on any atom is 0.0325 e. The summed E-state index contributed by atoms with van der Waals surface area (Å²) in [6.45, 7) is 6.37. The van der Waals surface area contributed by atoms with Gasteiger partial charge in [-0.3, -0.25) is 0 Å². The molecule has 1 nitrogen and oxygen atoms in total. The molecule has 0 spiro atoms. The monoisotopic (exact) mass is 97.1 g/mol. The van der Waals surface area contributed by atoms with E-state index in [1.807, 2.05) is 19.1 Å². The molecule has 1 heteroatoms. The molecule has 0 heterocycles. The van der Waals surface area contributed by atoms with Crippen molar-refractivity contribution in [3.63, 3.8) is 0 Å². The van der Waals surface area contributed by atoms with E-state index in [1.54, 1.807) is 6.20 Å². The minimum atomic E-state index is 0.889. The Hall–Kier alpha value is -0.720. The molecule has 0 rings (SSSR count). The zero-order valence-corrected chi connectivity index (χ0v) is 4.65. The van der Waals surface area contributed by atoms with Gasteiger partial charge in [-0.15, -0.1) is 0 Å². The van der Waals surface area contributed by atoms with Gasteiger partial charge < -0.3 is 5.32 Å². The predicted molar refractivity (Wildman–Crippen MR) is 33.0 cm³/mol. The van der Waals surface area contributed by atoms with Crippen molar-refractivity contribution in [1.82, 2.24) is 5.32 Å². The van der Waals surface area contributed by atoms with Gasteiger partial charge in [0.1, 0.15) is 0 Å². The maximum absolute atomic E-state index is 3.49. The first-order valence-electron chi connectivity index (χ1n) is 2.37. The molecule has 0 aromatic carbocycles. The second-order valence-corrected chi connectivity index (χ2v) is 1.18. The second-order valence-electron chi connectivity index (χ2n) is 1.18. The summed E-state index contributed by atoms with van der Waals surface area (Å²) in [5, 5.41) is 2.93. The maximum atomic E-state index is 3.49. The van der Waals surface area contributed by atoms with E-state index in [-0.39, 0.29) is 0 Å². The molecule has 1 N–H and O–H groups in total. The van der Waals surface area contributed by atoms with Crippen LogP contribution in [0.4, 0.5) is 0 Å². The highest BCUT2D eigenvalue weighted by molar-refractivity contribution is 4.81. The Balaban J connectivity index is 2.82. The van der Waals surface area contributed by atoms with Crippen molar-refractivity contribution < 1.29 is 0 Å². The lowest BCUT2D eigenvalue weighted by molar-refractivity contribution is 0.988. The van der Waals surface area contributed by atoms with Crippen molar-refractivity contribution in [2.75, 3.05) is 6.54 Å². The lowest BCUT2D eigenvalue weighted by atomic mass is 10.5. The summed E-state index contributed by atoms with van der Waals surface area (Å²) in [6, 6.07) is 0. The fraction of sp³-hybridized carbons (Fsp3) is 0.333. The van der Waals surface area contributed by atoms with Crippen molar-refractivity contribution in [2.24, 2.45) is 0 Å². The second kappa shape index (κ2) is 5.28. The van der Waals surface area contributed by atoms with Crippen LogP contribution in [-0.4, -0.2) is 6.54 Å². The van der Waals surface area contributed by atoms with E-state index in [4.69, 9.17) is 0 Å². The summed E-state index contributed by atoms with van der Waals surface area (Å²) in [6.07, 6.45) is 5.71. The minimum Gasteiger partial charge on any atom is -0.388 e. The summed E-state index contributed by atoms with van der Waals surface area (Å²) >= 11 is 0. The van der Waals surface area contributed by atoms with E-state index in [0.29, 0.717) is 0 Å². The molecule has 0 unspecified atom stereocenters. The topological polar surface area (TPSA) is 12.0 Å². The molecule has 0 aliphatic carbocycles. The van der Waals surface area contributed by atoms with Crippen molar-refractivity contribution >= 4 is 0 Å². The molecule has 0 atom stereocenters. The van der Waals surface area contributed by atoms with Crippen molar-refractivity contribution in [1.29, 1.82) is 0 Å². The van der Waals surface area contributed by atoms with Crippen LogP contribution in [0.5, 0.6) is 0 Å². The number of allylic oxidation sites excluding steroid dienone is 1. The molecular weight excluding hydrogens is 86.1 g/mol. The summed E-state index contributed by atoms with van der Waals surface area (Å²) in [5.41, 5.74) is 0. The lowest BCUT2D eigenvalue weighted by Crippen LogP contribution is -2.01. The predicted octanol–water partition coefficient (Wildman–Crippen LogP) is 1.30. The molecule has 7 heavy (non-hydrogen) atoms. The van der Waals surface area contributed by atoms with E-state index in [1.165, 1.54) is 0 Å². The van der Waals surface area contributed by atoms with Gasteiger partial charge in [0.15, 0.2) is 0 Å². The summed E-state index contributed by atoms with van der Waals surface area (Å²) in [7, 11) is 0. The third-order valence-electron chi connectivity index (χ3n) is 0.616. The van der Waals surface area contributed by atoms with Crippen LogP contribution in [0.25, 0.3) is 0 Å². The zero-order valence-electron chi connectivity index (χ0n) is 4.65. The molecule has 0 aliphatic heterocycles. The average Bonchev–Trinajstić information content (AvgIpc) is 1.69. The number of hydrogen-bond acceptors (Lipinski definition) is 1. The van der Waals surface area contributed by atoms with Gasteiger partial charge in [-0.25, -0.2) is 0 Å². The number of rotatable bonds is 3. The standard InChI is InChI=1S/C6H11N/c1-3-5-6-7-4-2/h3-5,7H,2,6H2,1H3/b5-3+. The normalized spacial score (nSPS) is 9.29. The highest BCUT2D eigenvalue weighted by atomic mass is 14.8. The van der Waals surface area contributed by atoms with Gasteiger partial charge in [0.2, 0.25) is 0 Å². The van der Waals surface area contributed by atoms with Gasteiger partial charge in [-0.2, -0.15) is 0 Å². The fourth-order valence-electron chi connectivity index (χ4n) is 0.269. The van der Waals surface area contributed by atoms with Gasteiger partial charge in [-0.05, 0) is 13.1 Å². The SMILES string of the molecule is C=CNC/C=C/C. The molecule has 0 aromatic rings. The molecule has 40 valence electrons. The molecule has 0 saturated heterocycles. The molecule has 0 saturated carbocycles. The largest absolute Gasteiger partial charge is 0.388 e. The highest BCUT2D eigenvalue weighted by Gasteiger charge is 1.63. The Morgan fingerprint density at radius 3 is 2.86 bits per heavy atom. The first-order valence-corrected chi connectivity index (χ1v) is 2.37. The first kappa shape index (κ1) is 6.28. The summed E-state index contributed by atoms with van der Waals surface area (Å²) in [5.74, 6) is 0. The smallest absolute Gasteiger partial charge is 0.0325 e. The number of hydrogen-bond donors (Lipinski definition) is 1. The van der Waals surface area contributed by atoms with Crippen LogP contribution in [0.2, 0.25) is 0 Å². The lowest BCUT2D eigenvalue weighted by Gasteiger charge is -1.87. The quantitative estimate of drug-likeness (QED) is 0.413. The Kier molecular flexibility index (Phi) is 4.74. The fourth-order valence-corrected chi connectivity index (χ4v) is 0.269. The summed E-state index contributed by atoms with van der Waals surface area (Å²) in [4.78, 5) is 0. The highest BCUT2D eigenvalue weighted by Crippen LogP contribution is 1.64. The van der Waals surface area contributed by atoms with Crippen LogP contribution in [0.15, 0.2) is 24.9 Å². The zero-order chi connectivity index (χ0) is 5.54. The van der Waals surface area contributed by atoms with Gasteiger partial charge in [-0.1, -0.05) is 18.7 Å². The van der Waals surface area contributed by atoms with Crippen LogP contribution < -0.4 is 5.32 Å². The van der Waals surface area contributed by atoms with Crippen LogP contribution in [0.3, 0.4) is 0 Å². The molecule has 0 aliphatic rings. The molecule has 0 amide bonds. The van der Waals surface area contributed by atoms with Gasteiger partial charge in [0, 0.05) is 6.54 Å². The molecule has 0 fully saturated rings. The molecular formula is C6H11N. The Bertz CT molecular complexity index is 64.6. The minimum absolute atomic E-state index is 0.889. The molecule has 0 aromatic heterocycles. The van der Waals surface area contributed by atoms with Crippen LogP contribution in [-0.2, 0) is 0 Å². The average molecular weight is 97.2 g/mol. The van der Waals surface area contributed by atoms with Gasteiger partial charge in [0.05, 0.1) is 0 Å². The van der Waals surface area contributed by atoms with E-state index < -0.39 is 0 Å². The van der Waals surface area contributed by atoms with Gasteiger partial charge >= 0.3 is 0 Å². The summed E-state index contributed by atoms with van der Waals surface area (Å²) < 4.78 is 0. The Morgan fingerprint density at radius 2 is 2.43 bits per heavy atom. The third-order valence-corrected chi connectivity index (χ3v) is 0.616. The van der Waals surface area contributed by atoms with E-state index in [9.17, 15) is 0 Å².